The van der Waals surface area contributed by atoms with E-state index in [1.165, 1.54) is 22.4 Å². The summed E-state index contributed by atoms with van der Waals surface area (Å²) in [5, 5.41) is 2.59. The van der Waals surface area contributed by atoms with Crippen LogP contribution in [0.2, 0.25) is 21.7 Å². The lowest BCUT2D eigenvalue weighted by atomic mass is 9.58. The van der Waals surface area contributed by atoms with Crippen molar-refractivity contribution >= 4 is 27.0 Å². The fourth-order valence-corrected chi connectivity index (χ4v) is 19.8. The number of terminal acetylenes is 1. The van der Waals surface area contributed by atoms with Crippen LogP contribution in [0.25, 0.3) is 0 Å². The average Bonchev–Trinajstić information content (AvgIpc) is 2.96. The van der Waals surface area contributed by atoms with E-state index < -0.39 is 16.6 Å². The molecule has 1 saturated carbocycles. The molecular weight excluding hydrogens is 569 g/mol. The van der Waals surface area contributed by atoms with Gasteiger partial charge in [-0.05, 0) is 63.6 Å². The Morgan fingerprint density at radius 3 is 1.77 bits per heavy atom. The van der Waals surface area contributed by atoms with Crippen LogP contribution in [0, 0.1) is 41.9 Å². The number of hydrogen-bond acceptors (Lipinski definition) is 2. The minimum atomic E-state index is -2.69. The number of hydrogen-bond donors (Lipinski definition) is 0. The third-order valence-corrected chi connectivity index (χ3v) is 22.6. The summed E-state index contributed by atoms with van der Waals surface area (Å²) in [6.45, 7) is 27.0. The molecule has 0 aromatic heterocycles. The standard InChI is InChI=1S/C40H60O2Si2/c1-13-35-32(9)26-36-38(42-43(28(2)3,29(4)5)30(6)7)25-24-31(8)39(36)37(35)27-41-44(40(10,11)12,33-20-16-14-17-21-33)34-22-18-15-19-23-34/h1,14-23,26,28-31,35-39H,24-25,27H2,2-12H3/t31-,35+,36-,37+,38-,39+/m0/s1. The van der Waals surface area contributed by atoms with Gasteiger partial charge in [0.05, 0.1) is 6.10 Å². The lowest BCUT2D eigenvalue weighted by Gasteiger charge is -2.54. The fourth-order valence-electron chi connectivity index (χ4n) is 9.59. The second kappa shape index (κ2) is 13.8. The highest BCUT2D eigenvalue weighted by molar-refractivity contribution is 6.99. The van der Waals surface area contributed by atoms with Gasteiger partial charge in [-0.15, -0.1) is 6.42 Å². The molecule has 0 amide bonds. The zero-order chi connectivity index (χ0) is 32.4. The largest absolute Gasteiger partial charge is 0.413 e. The van der Waals surface area contributed by atoms with Gasteiger partial charge in [0.2, 0.25) is 8.32 Å². The molecule has 0 aliphatic heterocycles. The predicted octanol–water partition coefficient (Wildman–Crippen LogP) is 9.61. The Balaban J connectivity index is 1.78. The lowest BCUT2D eigenvalue weighted by Crippen LogP contribution is -2.67. The molecule has 2 nitrogen and oxygen atoms in total. The van der Waals surface area contributed by atoms with Crippen molar-refractivity contribution in [2.24, 2.45) is 29.6 Å². The summed E-state index contributed by atoms with van der Waals surface area (Å²) in [5.41, 5.74) is 3.04. The first kappa shape index (κ1) is 35.0. The molecule has 0 N–H and O–H groups in total. The van der Waals surface area contributed by atoms with Crippen LogP contribution in [0.4, 0.5) is 0 Å². The summed E-state index contributed by atoms with van der Waals surface area (Å²) in [5.74, 6) is 4.99. The first-order valence-electron chi connectivity index (χ1n) is 17.3. The molecule has 0 unspecified atom stereocenters. The molecular formula is C40H60O2Si2. The summed E-state index contributed by atoms with van der Waals surface area (Å²) in [6, 6.07) is 22.1. The van der Waals surface area contributed by atoms with Crippen molar-refractivity contribution < 1.29 is 8.85 Å². The molecule has 4 rings (SSSR count). The Labute approximate surface area is 272 Å². The van der Waals surface area contributed by atoms with E-state index in [1.807, 2.05) is 0 Å². The van der Waals surface area contributed by atoms with Gasteiger partial charge in [0.1, 0.15) is 0 Å². The third kappa shape index (κ3) is 6.24. The van der Waals surface area contributed by atoms with Gasteiger partial charge in [0, 0.05) is 24.4 Å². The molecule has 0 saturated heterocycles. The van der Waals surface area contributed by atoms with Gasteiger partial charge < -0.3 is 8.85 Å². The maximum Gasteiger partial charge on any atom is 0.261 e. The van der Waals surface area contributed by atoms with Crippen LogP contribution in [-0.4, -0.2) is 29.3 Å². The van der Waals surface area contributed by atoms with Crippen molar-refractivity contribution in [2.75, 3.05) is 6.61 Å². The zero-order valence-corrected chi connectivity index (χ0v) is 31.6. The van der Waals surface area contributed by atoms with Gasteiger partial charge >= 0.3 is 0 Å². The molecule has 2 aliphatic rings. The van der Waals surface area contributed by atoms with Gasteiger partial charge in [0.15, 0.2) is 0 Å². The van der Waals surface area contributed by atoms with E-state index in [0.717, 1.165) is 6.42 Å². The maximum absolute atomic E-state index is 7.62. The van der Waals surface area contributed by atoms with Crippen molar-refractivity contribution in [3.05, 3.63) is 72.3 Å². The Morgan fingerprint density at radius 1 is 0.841 bits per heavy atom. The molecule has 2 aromatic rings. The van der Waals surface area contributed by atoms with E-state index in [9.17, 15) is 0 Å². The molecule has 4 heteroatoms. The Bertz CT molecular complexity index is 1220. The summed E-state index contributed by atoms with van der Waals surface area (Å²) in [7, 11) is -4.73. The normalized spacial score (nSPS) is 26.4. The molecule has 0 radical (unpaired) electrons. The van der Waals surface area contributed by atoms with E-state index in [2.05, 4.69) is 149 Å². The second-order valence-corrected chi connectivity index (χ2v) is 25.6. The highest BCUT2D eigenvalue weighted by atomic mass is 28.4. The van der Waals surface area contributed by atoms with E-state index >= 15 is 0 Å². The molecule has 0 spiro atoms. The minimum absolute atomic E-state index is 0.0683. The van der Waals surface area contributed by atoms with Crippen molar-refractivity contribution in [2.45, 2.75) is 117 Å². The van der Waals surface area contributed by atoms with Crippen LogP contribution < -0.4 is 10.4 Å². The first-order valence-corrected chi connectivity index (χ1v) is 21.3. The summed E-state index contributed by atoms with van der Waals surface area (Å²) < 4.78 is 15.2. The molecule has 0 heterocycles. The number of rotatable bonds is 10. The van der Waals surface area contributed by atoms with Gasteiger partial charge in [-0.2, -0.15) is 0 Å². The second-order valence-electron chi connectivity index (χ2n) is 15.9. The minimum Gasteiger partial charge on any atom is -0.413 e. The SMILES string of the molecule is C#C[C@@H]1C(C)=C[C@@H]2[C@H]([C@@H]1CO[Si](c1ccccc1)(c1ccccc1)C(C)(C)C)[C@@H](C)CC[C@@H]2O[Si](C(C)C)(C(C)C)C(C)C. The molecule has 0 bridgehead atoms. The highest BCUT2D eigenvalue weighted by Crippen LogP contribution is 2.52. The summed E-state index contributed by atoms with van der Waals surface area (Å²) >= 11 is 0. The van der Waals surface area contributed by atoms with Crippen LogP contribution >= 0.6 is 0 Å². The quantitative estimate of drug-likeness (QED) is 0.148. The number of fused-ring (bicyclic) bond motifs is 1. The van der Waals surface area contributed by atoms with E-state index in [4.69, 9.17) is 15.3 Å². The molecule has 1 fully saturated rings. The summed E-state index contributed by atoms with van der Waals surface area (Å²) in [6.07, 6.45) is 11.5. The van der Waals surface area contributed by atoms with Crippen molar-refractivity contribution in [1.82, 2.24) is 0 Å². The van der Waals surface area contributed by atoms with Crippen LogP contribution in [0.15, 0.2) is 72.3 Å². The van der Waals surface area contributed by atoms with E-state index in [0.29, 0.717) is 41.0 Å². The average molecular weight is 629 g/mol. The van der Waals surface area contributed by atoms with Gasteiger partial charge in [0.25, 0.3) is 8.32 Å². The smallest absolute Gasteiger partial charge is 0.261 e. The van der Waals surface area contributed by atoms with Gasteiger partial charge in [-0.1, -0.05) is 147 Å². The zero-order valence-electron chi connectivity index (χ0n) is 29.6. The molecule has 240 valence electrons. The first-order chi connectivity index (χ1) is 20.7. The van der Waals surface area contributed by atoms with Crippen molar-refractivity contribution in [1.29, 1.82) is 0 Å². The lowest BCUT2D eigenvalue weighted by molar-refractivity contribution is -0.0163. The number of benzene rings is 2. The Hall–Kier alpha value is -1.91. The highest BCUT2D eigenvalue weighted by Gasteiger charge is 2.54. The van der Waals surface area contributed by atoms with E-state index in [-0.39, 0.29) is 23.0 Å². The molecule has 2 aromatic carbocycles. The van der Waals surface area contributed by atoms with Crippen molar-refractivity contribution in [3.63, 3.8) is 0 Å². The number of allylic oxidation sites excluding steroid dienone is 1. The monoisotopic (exact) mass is 628 g/mol. The fraction of sp³-hybridized carbons (Fsp3) is 0.600. The molecule has 6 atom stereocenters. The van der Waals surface area contributed by atoms with Crippen molar-refractivity contribution in [3.8, 4) is 12.3 Å². The molecule has 44 heavy (non-hydrogen) atoms. The topological polar surface area (TPSA) is 18.5 Å². The Morgan fingerprint density at radius 2 is 1.34 bits per heavy atom. The molecule has 2 aliphatic carbocycles. The maximum atomic E-state index is 7.62. The van der Waals surface area contributed by atoms with Gasteiger partial charge in [-0.3, -0.25) is 0 Å². The predicted molar refractivity (Wildman–Crippen MR) is 194 cm³/mol. The van der Waals surface area contributed by atoms with Crippen LogP contribution in [-0.2, 0) is 8.85 Å². The van der Waals surface area contributed by atoms with Gasteiger partial charge in [-0.25, -0.2) is 0 Å². The van der Waals surface area contributed by atoms with Crippen LogP contribution in [0.3, 0.4) is 0 Å². The Kier molecular flexibility index (Phi) is 11.0. The third-order valence-electron chi connectivity index (χ3n) is 11.5. The van der Waals surface area contributed by atoms with Crippen LogP contribution in [0.5, 0.6) is 0 Å². The van der Waals surface area contributed by atoms with E-state index in [1.54, 1.807) is 0 Å². The summed E-state index contributed by atoms with van der Waals surface area (Å²) in [4.78, 5) is 0. The van der Waals surface area contributed by atoms with Crippen LogP contribution in [0.1, 0.15) is 89.0 Å².